The molecule has 77 valence electrons. The molecule has 2 aromatic rings. The molecule has 1 aliphatic rings. The summed E-state index contributed by atoms with van der Waals surface area (Å²) in [7, 11) is 0. The van der Waals surface area contributed by atoms with Crippen molar-refractivity contribution in [1.29, 1.82) is 0 Å². The summed E-state index contributed by atoms with van der Waals surface area (Å²) in [6.07, 6.45) is 1.83. The van der Waals surface area contributed by atoms with E-state index < -0.39 is 0 Å². The summed E-state index contributed by atoms with van der Waals surface area (Å²) >= 11 is 0. The van der Waals surface area contributed by atoms with E-state index in [0.717, 1.165) is 22.7 Å². The fourth-order valence-corrected chi connectivity index (χ4v) is 1.59. The minimum atomic E-state index is 0. The van der Waals surface area contributed by atoms with Crippen LogP contribution in [0.15, 0.2) is 53.5 Å². The Morgan fingerprint density at radius 1 is 0.812 bits per heavy atom. The molecule has 0 atom stereocenters. The molecule has 2 aromatic carbocycles. The fraction of sp³-hybridized carbons (Fsp3) is 0. The van der Waals surface area contributed by atoms with Gasteiger partial charge in [0.25, 0.3) is 0 Å². The van der Waals surface area contributed by atoms with Gasteiger partial charge in [0.1, 0.15) is 11.4 Å². The van der Waals surface area contributed by atoms with Crippen molar-refractivity contribution in [2.24, 2.45) is 4.99 Å². The van der Waals surface area contributed by atoms with Crippen molar-refractivity contribution in [2.75, 3.05) is 0 Å². The summed E-state index contributed by atoms with van der Waals surface area (Å²) in [4.78, 5) is 4.38. The van der Waals surface area contributed by atoms with Crippen LogP contribution < -0.4 is 4.74 Å². The molecular formula is C13H9NOP. The highest BCUT2D eigenvalue weighted by Crippen LogP contribution is 2.35. The lowest BCUT2D eigenvalue weighted by Gasteiger charge is -2.06. The maximum atomic E-state index is 5.78. The Hall–Kier alpha value is -1.66. The van der Waals surface area contributed by atoms with Gasteiger partial charge in [-0.1, -0.05) is 24.3 Å². The Morgan fingerprint density at radius 3 is 2.38 bits per heavy atom. The Kier molecular flexibility index (Phi) is 3.02. The first-order chi connectivity index (χ1) is 7.43. The highest BCUT2D eigenvalue weighted by molar-refractivity contribution is 6.92. The lowest BCUT2D eigenvalue weighted by Crippen LogP contribution is -1.86. The van der Waals surface area contributed by atoms with Gasteiger partial charge < -0.3 is 4.74 Å². The molecule has 0 saturated carbocycles. The Balaban J connectivity index is 0.000000963. The van der Waals surface area contributed by atoms with Gasteiger partial charge in [-0.05, 0) is 24.3 Å². The zero-order valence-corrected chi connectivity index (χ0v) is 9.39. The van der Waals surface area contributed by atoms with Gasteiger partial charge in [-0.15, -0.1) is 0 Å². The first kappa shape index (κ1) is 10.8. The van der Waals surface area contributed by atoms with E-state index in [1.807, 2.05) is 54.7 Å². The van der Waals surface area contributed by atoms with E-state index in [9.17, 15) is 0 Å². The van der Waals surface area contributed by atoms with Gasteiger partial charge in [0, 0.05) is 21.7 Å². The second-order valence-corrected chi connectivity index (χ2v) is 3.37. The molecule has 2 nitrogen and oxygen atoms in total. The molecule has 16 heavy (non-hydrogen) atoms. The van der Waals surface area contributed by atoms with E-state index in [1.54, 1.807) is 0 Å². The predicted octanol–water partition coefficient (Wildman–Crippen LogP) is 4.40. The minimum absolute atomic E-state index is 0. The number of ether oxygens (including phenoxy) is 1. The Bertz CT molecular complexity index is 489. The van der Waals surface area contributed by atoms with Gasteiger partial charge in [-0.3, -0.25) is 4.99 Å². The summed E-state index contributed by atoms with van der Waals surface area (Å²) in [6.45, 7) is 0. The number of benzene rings is 2. The number of aliphatic imine (C=N–C) groups is 1. The first-order valence-corrected chi connectivity index (χ1v) is 4.83. The van der Waals surface area contributed by atoms with Crippen LogP contribution >= 0.6 is 9.90 Å². The fourth-order valence-electron chi connectivity index (χ4n) is 1.59. The van der Waals surface area contributed by atoms with E-state index in [1.165, 1.54) is 0 Å². The first-order valence-electron chi connectivity index (χ1n) is 4.83. The molecule has 3 heteroatoms. The number of hydrogen-bond acceptors (Lipinski definition) is 2. The third kappa shape index (κ3) is 1.84. The quantitative estimate of drug-likeness (QED) is 0.520. The van der Waals surface area contributed by atoms with E-state index in [-0.39, 0.29) is 9.90 Å². The Labute approximate surface area is 97.6 Å². The number of para-hydroxylation sites is 3. The normalized spacial score (nSPS) is 11.5. The molecule has 0 spiro atoms. The van der Waals surface area contributed by atoms with Crippen molar-refractivity contribution >= 4 is 21.8 Å². The molecule has 1 aliphatic heterocycles. The lowest BCUT2D eigenvalue weighted by atomic mass is 10.2. The monoisotopic (exact) mass is 226 g/mol. The molecule has 0 saturated heterocycles. The number of fused-ring (bicyclic) bond motifs is 2. The zero-order valence-electron chi connectivity index (χ0n) is 8.50. The molecule has 0 aliphatic carbocycles. The van der Waals surface area contributed by atoms with Crippen LogP contribution in [0.3, 0.4) is 0 Å². The highest BCUT2D eigenvalue weighted by atomic mass is 31.0. The van der Waals surface area contributed by atoms with Crippen LogP contribution in [0.25, 0.3) is 0 Å². The van der Waals surface area contributed by atoms with Crippen molar-refractivity contribution < 1.29 is 4.74 Å². The molecule has 0 aromatic heterocycles. The summed E-state index contributed by atoms with van der Waals surface area (Å²) < 4.78 is 5.78. The van der Waals surface area contributed by atoms with Gasteiger partial charge in [0.2, 0.25) is 0 Å². The second kappa shape index (κ2) is 4.46. The van der Waals surface area contributed by atoms with Crippen LogP contribution in [0.5, 0.6) is 11.5 Å². The molecule has 0 amide bonds. The molecule has 0 N–H and O–H groups in total. The van der Waals surface area contributed by atoms with Crippen molar-refractivity contribution in [1.82, 2.24) is 0 Å². The average molecular weight is 226 g/mol. The molecule has 1 heterocycles. The van der Waals surface area contributed by atoms with Gasteiger partial charge in [-0.25, -0.2) is 0 Å². The average Bonchev–Trinajstić information content (AvgIpc) is 2.48. The van der Waals surface area contributed by atoms with Crippen LogP contribution in [0.1, 0.15) is 5.56 Å². The predicted molar refractivity (Wildman–Crippen MR) is 67.1 cm³/mol. The van der Waals surface area contributed by atoms with Crippen LogP contribution in [-0.4, -0.2) is 6.21 Å². The summed E-state index contributed by atoms with van der Waals surface area (Å²) in [6, 6.07) is 15.6. The summed E-state index contributed by atoms with van der Waals surface area (Å²) in [5.74, 6) is 1.66. The largest absolute Gasteiger partial charge is 0.454 e. The van der Waals surface area contributed by atoms with Crippen molar-refractivity contribution in [3.63, 3.8) is 0 Å². The molecular weight excluding hydrogens is 217 g/mol. The van der Waals surface area contributed by atoms with E-state index in [4.69, 9.17) is 4.74 Å². The smallest absolute Gasteiger partial charge is 0.153 e. The lowest BCUT2D eigenvalue weighted by molar-refractivity contribution is 0.485. The molecule has 0 fully saturated rings. The number of nitrogens with zero attached hydrogens (tertiary/aromatic N) is 1. The van der Waals surface area contributed by atoms with Crippen molar-refractivity contribution in [2.45, 2.75) is 0 Å². The molecule has 3 radical (unpaired) electrons. The third-order valence-electron chi connectivity index (χ3n) is 2.35. The number of rotatable bonds is 0. The summed E-state index contributed by atoms with van der Waals surface area (Å²) in [5, 5.41) is 0. The van der Waals surface area contributed by atoms with Gasteiger partial charge >= 0.3 is 0 Å². The van der Waals surface area contributed by atoms with Crippen molar-refractivity contribution in [3.05, 3.63) is 54.1 Å². The highest BCUT2D eigenvalue weighted by Gasteiger charge is 2.09. The topological polar surface area (TPSA) is 21.6 Å². The van der Waals surface area contributed by atoms with E-state index in [0.29, 0.717) is 0 Å². The molecule has 3 rings (SSSR count). The van der Waals surface area contributed by atoms with Gasteiger partial charge in [-0.2, -0.15) is 0 Å². The van der Waals surface area contributed by atoms with Gasteiger partial charge in [0.05, 0.1) is 0 Å². The SMILES string of the molecule is C1=Nc2ccccc2Oc2ccccc21.[P]. The zero-order chi connectivity index (χ0) is 10.1. The van der Waals surface area contributed by atoms with Crippen LogP contribution in [-0.2, 0) is 0 Å². The van der Waals surface area contributed by atoms with Crippen LogP contribution in [0, 0.1) is 0 Å². The number of hydrogen-bond donors (Lipinski definition) is 0. The van der Waals surface area contributed by atoms with Gasteiger partial charge in [0.15, 0.2) is 5.75 Å². The maximum absolute atomic E-state index is 5.78. The summed E-state index contributed by atoms with van der Waals surface area (Å²) in [5.41, 5.74) is 1.88. The van der Waals surface area contributed by atoms with Crippen LogP contribution in [0.4, 0.5) is 5.69 Å². The standard InChI is InChI=1S/C13H9NO.P/c1-3-7-12-10(5-1)9-14-11-6-2-4-8-13(11)15-12;/h1-9H;. The molecule has 0 bridgehead atoms. The minimum Gasteiger partial charge on any atom is -0.454 e. The van der Waals surface area contributed by atoms with E-state index in [2.05, 4.69) is 4.99 Å². The van der Waals surface area contributed by atoms with E-state index >= 15 is 0 Å². The maximum Gasteiger partial charge on any atom is 0.153 e. The van der Waals surface area contributed by atoms with Crippen LogP contribution in [0.2, 0.25) is 0 Å². The Morgan fingerprint density at radius 2 is 1.50 bits per heavy atom. The van der Waals surface area contributed by atoms with Crippen molar-refractivity contribution in [3.8, 4) is 11.5 Å². The second-order valence-electron chi connectivity index (χ2n) is 3.37. The molecule has 0 unspecified atom stereocenters. The third-order valence-corrected chi connectivity index (χ3v) is 2.35.